The van der Waals surface area contributed by atoms with Gasteiger partial charge in [-0.1, -0.05) is 32.8 Å². The molecule has 1 aromatic rings. The molecule has 2 nitrogen and oxygen atoms in total. The summed E-state index contributed by atoms with van der Waals surface area (Å²) in [6.45, 7) is 4.23. The normalized spacial score (nSPS) is 12.8. The van der Waals surface area contributed by atoms with E-state index in [2.05, 4.69) is 13.8 Å². The van der Waals surface area contributed by atoms with Crippen molar-refractivity contribution in [3.05, 3.63) is 29.6 Å². The van der Waals surface area contributed by atoms with Crippen molar-refractivity contribution >= 4 is 0 Å². The van der Waals surface area contributed by atoms with Crippen LogP contribution in [-0.2, 0) is 0 Å². The molecule has 3 heteroatoms. The minimum absolute atomic E-state index is 0.186. The van der Waals surface area contributed by atoms with Crippen LogP contribution in [0.5, 0.6) is 5.75 Å². The molecule has 1 N–H and O–H groups in total. The maximum atomic E-state index is 13.2. The highest BCUT2D eigenvalue weighted by atomic mass is 19.1. The van der Waals surface area contributed by atoms with Crippen LogP contribution < -0.4 is 4.74 Å². The van der Waals surface area contributed by atoms with E-state index in [1.807, 2.05) is 0 Å². The molecule has 0 heterocycles. The molecule has 0 aliphatic rings. The molecule has 96 valence electrons. The molecular weight excluding hydrogens is 219 g/mol. The van der Waals surface area contributed by atoms with Crippen LogP contribution in [0.3, 0.4) is 0 Å². The highest BCUT2D eigenvalue weighted by molar-refractivity contribution is 5.31. The first kappa shape index (κ1) is 14.0. The van der Waals surface area contributed by atoms with Crippen molar-refractivity contribution in [1.82, 2.24) is 0 Å². The first-order valence-electron chi connectivity index (χ1n) is 6.13. The summed E-state index contributed by atoms with van der Waals surface area (Å²) >= 11 is 0. The molecule has 0 spiro atoms. The Morgan fingerprint density at radius 3 is 2.47 bits per heavy atom. The van der Waals surface area contributed by atoms with E-state index >= 15 is 0 Å². The Labute approximate surface area is 102 Å². The molecule has 0 saturated heterocycles. The minimum Gasteiger partial charge on any atom is -0.494 e. The summed E-state index contributed by atoms with van der Waals surface area (Å²) in [5.41, 5.74) is 0.718. The largest absolute Gasteiger partial charge is 0.494 e. The van der Waals surface area contributed by atoms with Crippen molar-refractivity contribution in [2.24, 2.45) is 5.92 Å². The van der Waals surface area contributed by atoms with Gasteiger partial charge in [0.25, 0.3) is 0 Å². The standard InChI is InChI=1S/C14H21FO2/c1-4-10(5-2)8-13(16)11-6-7-12(15)14(9-11)17-3/h6-7,9-10,13,16H,4-5,8H2,1-3H3. The van der Waals surface area contributed by atoms with Gasteiger partial charge in [0.05, 0.1) is 13.2 Å². The first-order chi connectivity index (χ1) is 8.12. The number of benzene rings is 1. The Morgan fingerprint density at radius 1 is 1.29 bits per heavy atom. The van der Waals surface area contributed by atoms with Crippen LogP contribution >= 0.6 is 0 Å². The Balaban J connectivity index is 2.78. The van der Waals surface area contributed by atoms with Crippen LogP contribution in [-0.4, -0.2) is 12.2 Å². The summed E-state index contributed by atoms with van der Waals surface area (Å²) in [6.07, 6.45) is 2.26. The lowest BCUT2D eigenvalue weighted by molar-refractivity contribution is 0.140. The van der Waals surface area contributed by atoms with Gasteiger partial charge in [0, 0.05) is 0 Å². The van der Waals surface area contributed by atoms with Gasteiger partial charge in [-0.25, -0.2) is 4.39 Å². The number of aliphatic hydroxyl groups is 1. The van der Waals surface area contributed by atoms with Gasteiger partial charge < -0.3 is 9.84 Å². The SMILES string of the molecule is CCC(CC)CC(O)c1ccc(F)c(OC)c1. The second-order valence-corrected chi connectivity index (χ2v) is 4.33. The highest BCUT2D eigenvalue weighted by Crippen LogP contribution is 2.28. The van der Waals surface area contributed by atoms with Crippen LogP contribution in [0.4, 0.5) is 4.39 Å². The van der Waals surface area contributed by atoms with Crippen LogP contribution in [0.25, 0.3) is 0 Å². The van der Waals surface area contributed by atoms with E-state index < -0.39 is 11.9 Å². The smallest absolute Gasteiger partial charge is 0.165 e. The van der Waals surface area contributed by atoms with Crippen molar-refractivity contribution in [2.45, 2.75) is 39.2 Å². The fourth-order valence-corrected chi connectivity index (χ4v) is 1.96. The van der Waals surface area contributed by atoms with Gasteiger partial charge in [-0.3, -0.25) is 0 Å². The minimum atomic E-state index is -0.547. The van der Waals surface area contributed by atoms with Crippen LogP contribution in [0.2, 0.25) is 0 Å². The molecule has 0 fully saturated rings. The molecule has 0 bridgehead atoms. The average Bonchev–Trinajstić information content (AvgIpc) is 2.36. The van der Waals surface area contributed by atoms with Gasteiger partial charge in [-0.2, -0.15) is 0 Å². The third-order valence-corrected chi connectivity index (χ3v) is 3.27. The number of rotatable bonds is 6. The fraction of sp³-hybridized carbons (Fsp3) is 0.571. The molecule has 17 heavy (non-hydrogen) atoms. The molecular formula is C14H21FO2. The lowest BCUT2D eigenvalue weighted by Gasteiger charge is -2.18. The predicted octanol–water partition coefficient (Wildman–Crippen LogP) is 3.69. The van der Waals surface area contributed by atoms with Crippen molar-refractivity contribution in [2.75, 3.05) is 7.11 Å². The summed E-state index contributed by atoms with van der Waals surface area (Å²) < 4.78 is 18.1. The van der Waals surface area contributed by atoms with Gasteiger partial charge in [0.2, 0.25) is 0 Å². The van der Waals surface area contributed by atoms with Gasteiger partial charge in [-0.05, 0) is 30.0 Å². The third kappa shape index (κ3) is 3.70. The zero-order valence-electron chi connectivity index (χ0n) is 10.7. The zero-order valence-corrected chi connectivity index (χ0v) is 10.7. The van der Waals surface area contributed by atoms with Gasteiger partial charge in [-0.15, -0.1) is 0 Å². The number of halogens is 1. The molecule has 1 unspecified atom stereocenters. The van der Waals surface area contributed by atoms with E-state index in [1.165, 1.54) is 13.2 Å². The number of hydrogen-bond acceptors (Lipinski definition) is 2. The Bertz CT molecular complexity index is 348. The highest BCUT2D eigenvalue weighted by Gasteiger charge is 2.15. The van der Waals surface area contributed by atoms with Crippen molar-refractivity contribution < 1.29 is 14.2 Å². The van der Waals surface area contributed by atoms with Crippen LogP contribution in [0, 0.1) is 11.7 Å². The zero-order chi connectivity index (χ0) is 12.8. The quantitative estimate of drug-likeness (QED) is 0.821. The number of hydrogen-bond donors (Lipinski definition) is 1. The van der Waals surface area contributed by atoms with Gasteiger partial charge in [0.15, 0.2) is 11.6 Å². The first-order valence-corrected chi connectivity index (χ1v) is 6.13. The molecule has 0 radical (unpaired) electrons. The lowest BCUT2D eigenvalue weighted by Crippen LogP contribution is -2.06. The second-order valence-electron chi connectivity index (χ2n) is 4.33. The number of methoxy groups -OCH3 is 1. The molecule has 0 aromatic heterocycles. The Kier molecular flexibility index (Phi) is 5.42. The fourth-order valence-electron chi connectivity index (χ4n) is 1.96. The molecule has 1 atom stereocenters. The van der Waals surface area contributed by atoms with Crippen molar-refractivity contribution in [1.29, 1.82) is 0 Å². The molecule has 1 rings (SSSR count). The summed E-state index contributed by atoms with van der Waals surface area (Å²) in [5.74, 6) is 0.290. The van der Waals surface area contributed by atoms with Gasteiger partial charge in [0.1, 0.15) is 0 Å². The van der Waals surface area contributed by atoms with Crippen molar-refractivity contribution in [3.8, 4) is 5.75 Å². The lowest BCUT2D eigenvalue weighted by atomic mass is 9.93. The van der Waals surface area contributed by atoms with Crippen LogP contribution in [0.1, 0.15) is 44.8 Å². The topological polar surface area (TPSA) is 29.5 Å². The summed E-state index contributed by atoms with van der Waals surface area (Å²) in [6, 6.07) is 4.53. The van der Waals surface area contributed by atoms with Gasteiger partial charge >= 0.3 is 0 Å². The number of aliphatic hydroxyl groups excluding tert-OH is 1. The maximum absolute atomic E-state index is 13.2. The average molecular weight is 240 g/mol. The van der Waals surface area contributed by atoms with Crippen molar-refractivity contribution in [3.63, 3.8) is 0 Å². The Morgan fingerprint density at radius 2 is 1.94 bits per heavy atom. The molecule has 0 aliphatic heterocycles. The maximum Gasteiger partial charge on any atom is 0.165 e. The van der Waals surface area contributed by atoms with E-state index in [0.717, 1.165) is 18.4 Å². The predicted molar refractivity (Wildman–Crippen MR) is 66.6 cm³/mol. The number of ether oxygens (including phenoxy) is 1. The van der Waals surface area contributed by atoms with Crippen LogP contribution in [0.15, 0.2) is 18.2 Å². The van der Waals surface area contributed by atoms with E-state index in [1.54, 1.807) is 12.1 Å². The second kappa shape index (κ2) is 6.60. The summed E-state index contributed by atoms with van der Waals surface area (Å²) in [7, 11) is 1.43. The Hall–Kier alpha value is -1.09. The van der Waals surface area contributed by atoms with E-state index in [-0.39, 0.29) is 5.75 Å². The summed E-state index contributed by atoms with van der Waals surface area (Å²) in [5, 5.41) is 10.1. The van der Waals surface area contributed by atoms with E-state index in [9.17, 15) is 9.50 Å². The van der Waals surface area contributed by atoms with E-state index in [4.69, 9.17) is 4.74 Å². The third-order valence-electron chi connectivity index (χ3n) is 3.27. The molecule has 0 aliphatic carbocycles. The monoisotopic (exact) mass is 240 g/mol. The molecule has 0 amide bonds. The molecule has 0 saturated carbocycles. The molecule has 1 aromatic carbocycles. The van der Waals surface area contributed by atoms with E-state index in [0.29, 0.717) is 12.3 Å². The summed E-state index contributed by atoms with van der Waals surface area (Å²) in [4.78, 5) is 0.